The molecule has 0 unspecified atom stereocenters. The van der Waals surface area contributed by atoms with Crippen molar-refractivity contribution in [2.45, 2.75) is 25.4 Å². The van der Waals surface area contributed by atoms with E-state index in [-0.39, 0.29) is 0 Å². The Hall–Kier alpha value is -0.710. The monoisotopic (exact) mass is 307 g/mol. The van der Waals surface area contributed by atoms with Crippen molar-refractivity contribution >= 4 is 21.6 Å². The topological polar surface area (TPSA) is 3.24 Å². The second kappa shape index (κ2) is 4.88. The largest absolute Gasteiger partial charge is 0.418 e. The van der Waals surface area contributed by atoms with Gasteiger partial charge in [0.2, 0.25) is 0 Å². The van der Waals surface area contributed by atoms with Gasteiger partial charge in [0.15, 0.2) is 0 Å². The van der Waals surface area contributed by atoms with E-state index in [0.29, 0.717) is 23.2 Å². The minimum Gasteiger partial charge on any atom is -0.371 e. The van der Waals surface area contributed by atoms with Gasteiger partial charge in [0.05, 0.1) is 5.56 Å². The Kier molecular flexibility index (Phi) is 3.66. The summed E-state index contributed by atoms with van der Waals surface area (Å²) < 4.78 is 39.3. The van der Waals surface area contributed by atoms with Gasteiger partial charge in [0.1, 0.15) is 0 Å². The molecule has 0 spiro atoms. The normalized spacial score (nSPS) is 17.3. The number of alkyl halides is 3. The first-order valence-corrected chi connectivity index (χ1v) is 6.39. The van der Waals surface area contributed by atoms with E-state index in [1.165, 1.54) is 0 Å². The molecule has 0 bridgehead atoms. The standard InChI is InChI=1S/C12H13BrF3N/c13-9-4-5-11(10(8-9)12(14,15)16)17-6-2-1-3-7-17/h4-5,8H,1-3,6-7H2. The van der Waals surface area contributed by atoms with Crippen LogP contribution in [0.5, 0.6) is 0 Å². The van der Waals surface area contributed by atoms with Crippen molar-refractivity contribution < 1.29 is 13.2 Å². The first-order chi connectivity index (χ1) is 7.98. The van der Waals surface area contributed by atoms with Crippen LogP contribution in [0.15, 0.2) is 22.7 Å². The van der Waals surface area contributed by atoms with Gasteiger partial charge in [-0.15, -0.1) is 0 Å². The molecule has 94 valence electrons. The van der Waals surface area contributed by atoms with Crippen molar-refractivity contribution in [3.8, 4) is 0 Å². The van der Waals surface area contributed by atoms with Gasteiger partial charge in [0, 0.05) is 23.2 Å². The van der Waals surface area contributed by atoms with Crippen LogP contribution in [0.25, 0.3) is 0 Å². The number of anilines is 1. The quantitative estimate of drug-likeness (QED) is 0.740. The Morgan fingerprint density at radius 2 is 1.71 bits per heavy atom. The van der Waals surface area contributed by atoms with Crippen molar-refractivity contribution in [3.63, 3.8) is 0 Å². The van der Waals surface area contributed by atoms with Gasteiger partial charge in [-0.1, -0.05) is 15.9 Å². The number of nitrogens with zero attached hydrogens (tertiary/aromatic N) is 1. The Balaban J connectivity index is 2.38. The molecule has 17 heavy (non-hydrogen) atoms. The number of piperidine rings is 1. The number of hydrogen-bond donors (Lipinski definition) is 0. The Morgan fingerprint density at radius 1 is 1.06 bits per heavy atom. The van der Waals surface area contributed by atoms with Crippen molar-refractivity contribution in [1.82, 2.24) is 0 Å². The van der Waals surface area contributed by atoms with E-state index in [4.69, 9.17) is 0 Å². The van der Waals surface area contributed by atoms with Crippen LogP contribution in [0.2, 0.25) is 0 Å². The predicted molar refractivity (Wildman–Crippen MR) is 65.2 cm³/mol. The van der Waals surface area contributed by atoms with E-state index in [1.807, 2.05) is 4.90 Å². The molecular formula is C12H13BrF3N. The van der Waals surface area contributed by atoms with Gasteiger partial charge in [-0.25, -0.2) is 0 Å². The van der Waals surface area contributed by atoms with E-state index >= 15 is 0 Å². The van der Waals surface area contributed by atoms with E-state index in [2.05, 4.69) is 15.9 Å². The van der Waals surface area contributed by atoms with Crippen LogP contribution in [0.1, 0.15) is 24.8 Å². The molecule has 0 radical (unpaired) electrons. The molecular weight excluding hydrogens is 295 g/mol. The summed E-state index contributed by atoms with van der Waals surface area (Å²) >= 11 is 3.09. The maximum absolute atomic E-state index is 12.9. The highest BCUT2D eigenvalue weighted by molar-refractivity contribution is 9.10. The fourth-order valence-electron chi connectivity index (χ4n) is 2.15. The second-order valence-corrected chi connectivity index (χ2v) is 5.12. The number of halogens is 4. The third-order valence-electron chi connectivity index (χ3n) is 2.96. The molecule has 0 atom stereocenters. The average molecular weight is 308 g/mol. The number of hydrogen-bond acceptors (Lipinski definition) is 1. The van der Waals surface area contributed by atoms with E-state index in [0.717, 1.165) is 25.3 Å². The smallest absolute Gasteiger partial charge is 0.371 e. The predicted octanol–water partition coefficient (Wildman–Crippen LogP) is 4.46. The van der Waals surface area contributed by atoms with Crippen LogP contribution in [0.4, 0.5) is 18.9 Å². The average Bonchev–Trinajstić information content (AvgIpc) is 2.29. The highest BCUT2D eigenvalue weighted by atomic mass is 79.9. The Bertz CT molecular complexity index is 397. The van der Waals surface area contributed by atoms with Crippen LogP contribution in [-0.2, 0) is 6.18 Å². The molecule has 1 nitrogen and oxygen atoms in total. The molecule has 0 saturated carbocycles. The van der Waals surface area contributed by atoms with Crippen molar-refractivity contribution in [1.29, 1.82) is 0 Å². The summed E-state index contributed by atoms with van der Waals surface area (Å²) in [5.74, 6) is 0. The van der Waals surface area contributed by atoms with Crippen LogP contribution in [0, 0.1) is 0 Å². The lowest BCUT2D eigenvalue weighted by atomic mass is 10.1. The summed E-state index contributed by atoms with van der Waals surface area (Å²) in [5, 5.41) is 0. The van der Waals surface area contributed by atoms with E-state index < -0.39 is 11.7 Å². The zero-order valence-corrected chi connectivity index (χ0v) is 10.8. The molecule has 1 aliphatic heterocycles. The molecule has 1 saturated heterocycles. The maximum atomic E-state index is 12.9. The summed E-state index contributed by atoms with van der Waals surface area (Å²) in [6, 6.07) is 4.38. The first-order valence-electron chi connectivity index (χ1n) is 5.60. The SMILES string of the molecule is FC(F)(F)c1cc(Br)ccc1N1CCCCC1. The first kappa shape index (κ1) is 12.7. The lowest BCUT2D eigenvalue weighted by Gasteiger charge is -2.31. The lowest BCUT2D eigenvalue weighted by molar-refractivity contribution is -0.137. The summed E-state index contributed by atoms with van der Waals surface area (Å²) in [5.41, 5.74) is -0.242. The third-order valence-corrected chi connectivity index (χ3v) is 3.45. The minimum atomic E-state index is -4.30. The van der Waals surface area contributed by atoms with Gasteiger partial charge in [0.25, 0.3) is 0 Å². The Labute approximate surface area is 107 Å². The fraction of sp³-hybridized carbons (Fsp3) is 0.500. The van der Waals surface area contributed by atoms with Gasteiger partial charge >= 0.3 is 6.18 Å². The molecule has 1 fully saturated rings. The molecule has 1 aromatic rings. The molecule has 0 aromatic heterocycles. The van der Waals surface area contributed by atoms with Crippen LogP contribution in [-0.4, -0.2) is 13.1 Å². The van der Waals surface area contributed by atoms with Crippen LogP contribution in [0.3, 0.4) is 0 Å². The van der Waals surface area contributed by atoms with Crippen LogP contribution < -0.4 is 4.90 Å². The molecule has 1 aromatic carbocycles. The highest BCUT2D eigenvalue weighted by Gasteiger charge is 2.35. The number of benzene rings is 1. The zero-order chi connectivity index (χ0) is 12.5. The second-order valence-electron chi connectivity index (χ2n) is 4.21. The summed E-state index contributed by atoms with van der Waals surface area (Å²) in [7, 11) is 0. The number of rotatable bonds is 1. The van der Waals surface area contributed by atoms with Gasteiger partial charge in [-0.3, -0.25) is 0 Å². The van der Waals surface area contributed by atoms with Gasteiger partial charge in [-0.2, -0.15) is 13.2 Å². The van der Waals surface area contributed by atoms with Gasteiger partial charge < -0.3 is 4.90 Å². The van der Waals surface area contributed by atoms with Crippen molar-refractivity contribution in [2.24, 2.45) is 0 Å². The Morgan fingerprint density at radius 3 is 2.29 bits per heavy atom. The van der Waals surface area contributed by atoms with Crippen molar-refractivity contribution in [2.75, 3.05) is 18.0 Å². The summed E-state index contributed by atoms with van der Waals surface area (Å²) in [4.78, 5) is 1.83. The lowest BCUT2D eigenvalue weighted by Crippen LogP contribution is -2.31. The maximum Gasteiger partial charge on any atom is 0.418 e. The zero-order valence-electron chi connectivity index (χ0n) is 9.23. The van der Waals surface area contributed by atoms with Crippen molar-refractivity contribution in [3.05, 3.63) is 28.2 Å². The molecule has 1 aliphatic rings. The minimum absolute atomic E-state index is 0.306. The molecule has 0 amide bonds. The molecule has 5 heteroatoms. The molecule has 1 heterocycles. The summed E-state index contributed by atoms with van der Waals surface area (Å²) in [6.07, 6.45) is -1.26. The summed E-state index contributed by atoms with van der Waals surface area (Å²) in [6.45, 7) is 1.43. The van der Waals surface area contributed by atoms with E-state index in [1.54, 1.807) is 12.1 Å². The molecule has 2 rings (SSSR count). The van der Waals surface area contributed by atoms with Gasteiger partial charge in [-0.05, 0) is 37.5 Å². The molecule has 0 N–H and O–H groups in total. The third kappa shape index (κ3) is 2.94. The molecule has 0 aliphatic carbocycles. The fourth-order valence-corrected chi connectivity index (χ4v) is 2.51. The van der Waals surface area contributed by atoms with Crippen LogP contribution >= 0.6 is 15.9 Å². The highest BCUT2D eigenvalue weighted by Crippen LogP contribution is 2.38. The van der Waals surface area contributed by atoms with E-state index in [9.17, 15) is 13.2 Å².